The van der Waals surface area contributed by atoms with Gasteiger partial charge in [-0.15, -0.1) is 0 Å². The van der Waals surface area contributed by atoms with Gasteiger partial charge >= 0.3 is 0 Å². The van der Waals surface area contributed by atoms with E-state index in [9.17, 15) is 30.3 Å². The van der Waals surface area contributed by atoms with Gasteiger partial charge in [-0.1, -0.05) is 54.9 Å². The Morgan fingerprint density at radius 1 is 0.930 bits per heavy atom. The molecule has 1 saturated carbocycles. The minimum absolute atomic E-state index is 0.0908. The van der Waals surface area contributed by atoms with E-state index in [1.165, 1.54) is 5.57 Å². The van der Waals surface area contributed by atoms with E-state index in [1.54, 1.807) is 0 Å². The summed E-state index contributed by atoms with van der Waals surface area (Å²) in [6.45, 7) is 13.9. The summed E-state index contributed by atoms with van der Waals surface area (Å²) in [7, 11) is 0. The van der Waals surface area contributed by atoms with Gasteiger partial charge in [-0.25, -0.2) is 0 Å². The van der Waals surface area contributed by atoms with E-state index in [4.69, 9.17) is 9.47 Å². The van der Waals surface area contributed by atoms with Crippen LogP contribution in [0.25, 0.3) is 0 Å². The third-order valence-electron chi connectivity index (χ3n) is 9.38. The Labute approximate surface area is 259 Å². The van der Waals surface area contributed by atoms with Crippen molar-refractivity contribution in [3.63, 3.8) is 0 Å². The first-order chi connectivity index (χ1) is 20.1. The highest BCUT2D eigenvalue weighted by molar-refractivity contribution is 5.71. The van der Waals surface area contributed by atoms with Crippen molar-refractivity contribution in [1.29, 1.82) is 0 Å². The summed E-state index contributed by atoms with van der Waals surface area (Å²) in [4.78, 5) is 10.7. The van der Waals surface area contributed by atoms with E-state index in [2.05, 4.69) is 39.8 Å². The molecule has 2 aliphatic rings. The first-order valence-corrected chi connectivity index (χ1v) is 15.9. The van der Waals surface area contributed by atoms with Crippen LogP contribution in [0.2, 0.25) is 0 Å². The summed E-state index contributed by atoms with van der Waals surface area (Å²) >= 11 is 0. The monoisotopic (exact) mass is 606 g/mol. The van der Waals surface area contributed by atoms with Crippen LogP contribution in [0.15, 0.2) is 46.6 Å². The van der Waals surface area contributed by atoms with Gasteiger partial charge in [0.1, 0.15) is 24.6 Å². The molecule has 0 spiro atoms. The number of allylic oxidation sites excluding steroid dienone is 6. The topological polar surface area (TPSA) is 137 Å². The molecular weight excluding hydrogens is 548 g/mol. The molecule has 1 heterocycles. The molecule has 246 valence electrons. The number of aldehydes is 1. The fourth-order valence-corrected chi connectivity index (χ4v) is 6.48. The van der Waals surface area contributed by atoms with Gasteiger partial charge in [-0.2, -0.15) is 0 Å². The lowest BCUT2D eigenvalue weighted by molar-refractivity contribution is -0.304. The van der Waals surface area contributed by atoms with Crippen LogP contribution in [-0.2, 0) is 14.3 Å². The second-order valence-corrected chi connectivity index (χ2v) is 13.7. The SMILES string of the molecule is CC(C=O)=CCCC(C)=CCCC(C)=CC(O)CC=C(C)CCC1C(C)(O)CCC(OC2OCC(O)C(O)C2O)C1(C)C. The number of ether oxygens (including phenoxy) is 2. The molecular formula is C35H58O8. The quantitative estimate of drug-likeness (QED) is 0.0990. The van der Waals surface area contributed by atoms with Crippen LogP contribution < -0.4 is 0 Å². The molecule has 0 amide bonds. The summed E-state index contributed by atoms with van der Waals surface area (Å²) < 4.78 is 11.7. The fourth-order valence-electron chi connectivity index (χ4n) is 6.48. The van der Waals surface area contributed by atoms with Crippen molar-refractivity contribution >= 4 is 6.29 Å². The van der Waals surface area contributed by atoms with Gasteiger partial charge in [-0.05, 0) is 109 Å². The number of hydrogen-bond acceptors (Lipinski definition) is 8. The molecule has 5 N–H and O–H groups in total. The first-order valence-electron chi connectivity index (χ1n) is 15.9. The van der Waals surface area contributed by atoms with Crippen molar-refractivity contribution in [1.82, 2.24) is 0 Å². The largest absolute Gasteiger partial charge is 0.390 e. The molecule has 1 saturated heterocycles. The van der Waals surface area contributed by atoms with Crippen LogP contribution in [0.5, 0.6) is 0 Å². The van der Waals surface area contributed by atoms with Gasteiger partial charge < -0.3 is 35.0 Å². The van der Waals surface area contributed by atoms with E-state index >= 15 is 0 Å². The number of hydrogen-bond donors (Lipinski definition) is 5. The molecule has 1 aliphatic carbocycles. The van der Waals surface area contributed by atoms with Crippen molar-refractivity contribution in [2.45, 2.75) is 149 Å². The highest BCUT2D eigenvalue weighted by Gasteiger charge is 2.52. The predicted molar refractivity (Wildman–Crippen MR) is 169 cm³/mol. The van der Waals surface area contributed by atoms with Gasteiger partial charge in [0, 0.05) is 0 Å². The van der Waals surface area contributed by atoms with E-state index in [-0.39, 0.29) is 18.6 Å². The number of carbonyl (C=O) groups is 1. The first kappa shape index (κ1) is 37.5. The molecule has 43 heavy (non-hydrogen) atoms. The average Bonchev–Trinajstić information content (AvgIpc) is 2.92. The number of carbonyl (C=O) groups excluding carboxylic acids is 1. The molecule has 0 aromatic carbocycles. The molecule has 0 bridgehead atoms. The van der Waals surface area contributed by atoms with Crippen molar-refractivity contribution in [3.8, 4) is 0 Å². The normalized spacial score (nSPS) is 33.4. The van der Waals surface area contributed by atoms with Crippen molar-refractivity contribution in [2.75, 3.05) is 6.61 Å². The Balaban J connectivity index is 1.88. The van der Waals surface area contributed by atoms with Gasteiger partial charge in [0.05, 0.1) is 24.4 Å². The average molecular weight is 607 g/mol. The van der Waals surface area contributed by atoms with Crippen molar-refractivity contribution in [2.24, 2.45) is 11.3 Å². The van der Waals surface area contributed by atoms with Crippen LogP contribution in [0.1, 0.15) is 106 Å². The molecule has 2 rings (SSSR count). The van der Waals surface area contributed by atoms with E-state index in [0.29, 0.717) is 19.3 Å². The predicted octanol–water partition coefficient (Wildman–Crippen LogP) is 5.07. The molecule has 0 aromatic rings. The van der Waals surface area contributed by atoms with E-state index < -0.39 is 41.7 Å². The van der Waals surface area contributed by atoms with Crippen LogP contribution in [0.3, 0.4) is 0 Å². The number of rotatable bonds is 15. The fraction of sp³-hybridized carbons (Fsp3) is 0.743. The maximum Gasteiger partial charge on any atom is 0.186 e. The van der Waals surface area contributed by atoms with Gasteiger partial charge in [0.15, 0.2) is 6.29 Å². The lowest BCUT2D eigenvalue weighted by Gasteiger charge is -2.53. The molecule has 2 fully saturated rings. The third-order valence-corrected chi connectivity index (χ3v) is 9.38. The zero-order valence-corrected chi connectivity index (χ0v) is 27.5. The zero-order chi connectivity index (χ0) is 32.4. The van der Waals surface area contributed by atoms with E-state index in [0.717, 1.165) is 61.5 Å². The van der Waals surface area contributed by atoms with Crippen molar-refractivity contribution < 1.29 is 39.8 Å². The lowest BCUT2D eigenvalue weighted by Crippen LogP contribution is -2.59. The second kappa shape index (κ2) is 17.2. The smallest absolute Gasteiger partial charge is 0.186 e. The minimum atomic E-state index is -1.35. The number of aliphatic hydroxyl groups excluding tert-OH is 4. The van der Waals surface area contributed by atoms with Gasteiger partial charge in [0.25, 0.3) is 0 Å². The number of aliphatic hydroxyl groups is 5. The molecule has 0 aromatic heterocycles. The van der Waals surface area contributed by atoms with E-state index in [1.807, 2.05) is 32.9 Å². The minimum Gasteiger partial charge on any atom is -0.390 e. The Kier molecular flexibility index (Phi) is 15.0. The van der Waals surface area contributed by atoms with Gasteiger partial charge in [-0.3, -0.25) is 4.79 Å². The summed E-state index contributed by atoms with van der Waals surface area (Å²) in [6, 6.07) is 0. The summed E-state index contributed by atoms with van der Waals surface area (Å²) in [5, 5.41) is 52.1. The second-order valence-electron chi connectivity index (χ2n) is 13.7. The van der Waals surface area contributed by atoms with Crippen molar-refractivity contribution in [3.05, 3.63) is 46.6 Å². The third kappa shape index (κ3) is 11.7. The molecule has 0 radical (unpaired) electrons. The van der Waals surface area contributed by atoms with Crippen LogP contribution in [0.4, 0.5) is 0 Å². The summed E-state index contributed by atoms with van der Waals surface area (Å²) in [5.74, 6) is -0.0908. The van der Waals surface area contributed by atoms with Crippen LogP contribution >= 0.6 is 0 Å². The zero-order valence-electron chi connectivity index (χ0n) is 27.5. The molecule has 8 unspecified atom stereocenters. The van der Waals surface area contributed by atoms with Crippen LogP contribution in [0, 0.1) is 11.3 Å². The maximum atomic E-state index is 11.3. The summed E-state index contributed by atoms with van der Waals surface area (Å²) in [5.41, 5.74) is 3.05. The van der Waals surface area contributed by atoms with Crippen LogP contribution in [-0.4, -0.2) is 80.8 Å². The summed E-state index contributed by atoms with van der Waals surface area (Å²) in [6.07, 6.45) is 10.1. The standard InChI is InChI=1S/C35H58O8/c1-23(11-9-13-26(4)21-36)10-8-12-25(3)20-27(37)16-14-24(2)15-17-29-34(5,6)30(18-19-35(29,7)41)43-33-32(40)31(39)28(38)22-42-33/h10,13-14,20-21,27-33,37-41H,8-9,11-12,15-19,22H2,1-7H3. The highest BCUT2D eigenvalue weighted by Crippen LogP contribution is 2.50. The Hall–Kier alpha value is -1.65. The molecule has 8 atom stereocenters. The highest BCUT2D eigenvalue weighted by atomic mass is 16.7. The molecule has 1 aliphatic heterocycles. The molecule has 8 heteroatoms. The Morgan fingerprint density at radius 2 is 1.56 bits per heavy atom. The lowest BCUT2D eigenvalue weighted by atomic mass is 9.59. The maximum absolute atomic E-state index is 11.3. The Bertz CT molecular complexity index is 1010. The van der Waals surface area contributed by atoms with Gasteiger partial charge in [0.2, 0.25) is 0 Å². The Morgan fingerprint density at radius 3 is 2.23 bits per heavy atom. The molecule has 8 nitrogen and oxygen atoms in total.